The number of nitrogens with one attached hydrogen (secondary N) is 2. The van der Waals surface area contributed by atoms with E-state index in [1.54, 1.807) is 0 Å². The first-order valence-corrected chi connectivity index (χ1v) is 4.81. The number of hydrogen-bond acceptors (Lipinski definition) is 2. The Hall–Kier alpha value is -0.860. The lowest BCUT2D eigenvalue weighted by atomic mass is 10.1. The molecule has 13 heavy (non-hydrogen) atoms. The maximum atomic E-state index is 3.44. The number of rotatable bonds is 5. The fraction of sp³-hybridized carbons (Fsp3) is 0.455. The summed E-state index contributed by atoms with van der Waals surface area (Å²) < 4.78 is 0. The molecule has 0 aliphatic heterocycles. The molecule has 72 valence electrons. The van der Waals surface area contributed by atoms with Crippen LogP contribution in [0, 0.1) is 0 Å². The standard InChI is InChI=1S/C11H18N2/c1-3-13-11(9-12-2)10-7-5-4-6-8-10/h4-8,11-13H,3,9H2,1-2H3/t11-/m0/s1. The van der Waals surface area contributed by atoms with Crippen LogP contribution >= 0.6 is 0 Å². The van der Waals surface area contributed by atoms with Gasteiger partial charge in [0.2, 0.25) is 0 Å². The molecule has 0 bridgehead atoms. The third-order valence-electron chi connectivity index (χ3n) is 2.06. The van der Waals surface area contributed by atoms with Gasteiger partial charge in [-0.15, -0.1) is 0 Å². The molecule has 0 saturated carbocycles. The van der Waals surface area contributed by atoms with E-state index >= 15 is 0 Å². The highest BCUT2D eigenvalue weighted by Gasteiger charge is 2.06. The van der Waals surface area contributed by atoms with Crippen molar-refractivity contribution in [1.29, 1.82) is 0 Å². The summed E-state index contributed by atoms with van der Waals surface area (Å²) in [4.78, 5) is 0. The van der Waals surface area contributed by atoms with E-state index in [2.05, 4.69) is 41.8 Å². The van der Waals surface area contributed by atoms with Crippen LogP contribution in [0.1, 0.15) is 18.5 Å². The molecule has 0 aliphatic carbocycles. The van der Waals surface area contributed by atoms with Crippen molar-refractivity contribution in [3.05, 3.63) is 35.9 Å². The Labute approximate surface area is 80.4 Å². The van der Waals surface area contributed by atoms with E-state index in [4.69, 9.17) is 0 Å². The molecule has 1 atom stereocenters. The Morgan fingerprint density at radius 3 is 2.46 bits per heavy atom. The van der Waals surface area contributed by atoms with Crippen molar-refractivity contribution in [3.8, 4) is 0 Å². The minimum absolute atomic E-state index is 0.427. The smallest absolute Gasteiger partial charge is 0.0446 e. The third-order valence-corrected chi connectivity index (χ3v) is 2.06. The van der Waals surface area contributed by atoms with Crippen molar-refractivity contribution in [1.82, 2.24) is 10.6 Å². The summed E-state index contributed by atoms with van der Waals surface area (Å²) >= 11 is 0. The monoisotopic (exact) mass is 178 g/mol. The second-order valence-corrected chi connectivity index (χ2v) is 3.08. The van der Waals surface area contributed by atoms with Gasteiger partial charge >= 0.3 is 0 Å². The zero-order valence-corrected chi connectivity index (χ0v) is 8.38. The van der Waals surface area contributed by atoms with Gasteiger partial charge in [-0.2, -0.15) is 0 Å². The maximum Gasteiger partial charge on any atom is 0.0446 e. The molecule has 0 radical (unpaired) electrons. The average Bonchev–Trinajstić information content (AvgIpc) is 2.19. The van der Waals surface area contributed by atoms with Crippen LogP contribution in [0.2, 0.25) is 0 Å². The lowest BCUT2D eigenvalue weighted by Crippen LogP contribution is -2.29. The fourth-order valence-corrected chi connectivity index (χ4v) is 1.44. The Balaban J connectivity index is 2.64. The molecule has 0 fully saturated rings. The molecule has 0 aliphatic rings. The topological polar surface area (TPSA) is 24.1 Å². The van der Waals surface area contributed by atoms with Crippen LogP contribution in [-0.4, -0.2) is 20.1 Å². The van der Waals surface area contributed by atoms with Gasteiger partial charge in [-0.25, -0.2) is 0 Å². The SMILES string of the molecule is CCN[C@@H](CNC)c1ccccc1. The van der Waals surface area contributed by atoms with Crippen molar-refractivity contribution in [2.75, 3.05) is 20.1 Å². The third kappa shape index (κ3) is 3.17. The molecule has 1 rings (SSSR count). The molecule has 2 heteroatoms. The Bertz CT molecular complexity index is 215. The number of hydrogen-bond donors (Lipinski definition) is 2. The maximum absolute atomic E-state index is 3.44. The Morgan fingerprint density at radius 1 is 1.23 bits per heavy atom. The summed E-state index contributed by atoms with van der Waals surface area (Å²) in [5, 5.41) is 6.63. The summed E-state index contributed by atoms with van der Waals surface area (Å²) in [7, 11) is 1.98. The fourth-order valence-electron chi connectivity index (χ4n) is 1.44. The highest BCUT2D eigenvalue weighted by molar-refractivity contribution is 5.19. The molecule has 1 aromatic carbocycles. The Kier molecular flexibility index (Phi) is 4.50. The number of benzene rings is 1. The largest absolute Gasteiger partial charge is 0.318 e. The van der Waals surface area contributed by atoms with Gasteiger partial charge in [0.1, 0.15) is 0 Å². The van der Waals surface area contributed by atoms with E-state index in [9.17, 15) is 0 Å². The van der Waals surface area contributed by atoms with Crippen LogP contribution in [0.5, 0.6) is 0 Å². The van der Waals surface area contributed by atoms with Gasteiger partial charge in [-0.05, 0) is 19.2 Å². The van der Waals surface area contributed by atoms with Crippen LogP contribution in [0.15, 0.2) is 30.3 Å². The molecular weight excluding hydrogens is 160 g/mol. The van der Waals surface area contributed by atoms with Gasteiger partial charge < -0.3 is 10.6 Å². The molecule has 0 spiro atoms. The highest BCUT2D eigenvalue weighted by Crippen LogP contribution is 2.10. The molecular formula is C11H18N2. The van der Waals surface area contributed by atoms with Gasteiger partial charge in [0.05, 0.1) is 0 Å². The summed E-state index contributed by atoms with van der Waals surface area (Å²) in [5.74, 6) is 0. The molecule has 1 aromatic rings. The van der Waals surface area contributed by atoms with E-state index < -0.39 is 0 Å². The van der Waals surface area contributed by atoms with Crippen LogP contribution in [0.25, 0.3) is 0 Å². The predicted octanol–water partition coefficient (Wildman–Crippen LogP) is 1.56. The van der Waals surface area contributed by atoms with E-state index in [0.717, 1.165) is 13.1 Å². The van der Waals surface area contributed by atoms with Crippen LogP contribution in [0.3, 0.4) is 0 Å². The van der Waals surface area contributed by atoms with E-state index in [1.165, 1.54) is 5.56 Å². The summed E-state index contributed by atoms with van der Waals surface area (Å²) in [6, 6.07) is 10.9. The van der Waals surface area contributed by atoms with E-state index in [0.29, 0.717) is 6.04 Å². The van der Waals surface area contributed by atoms with Gasteiger partial charge in [-0.3, -0.25) is 0 Å². The van der Waals surface area contributed by atoms with Crippen LogP contribution in [0.4, 0.5) is 0 Å². The van der Waals surface area contributed by atoms with Gasteiger partial charge in [0, 0.05) is 12.6 Å². The quantitative estimate of drug-likeness (QED) is 0.715. The summed E-state index contributed by atoms with van der Waals surface area (Å²) in [5.41, 5.74) is 1.35. The van der Waals surface area contributed by atoms with E-state index in [1.807, 2.05) is 13.1 Å². The predicted molar refractivity (Wildman–Crippen MR) is 56.8 cm³/mol. The Morgan fingerprint density at radius 2 is 1.92 bits per heavy atom. The van der Waals surface area contributed by atoms with Crippen molar-refractivity contribution < 1.29 is 0 Å². The van der Waals surface area contributed by atoms with Gasteiger partial charge in [-0.1, -0.05) is 37.3 Å². The van der Waals surface area contributed by atoms with Crippen molar-refractivity contribution >= 4 is 0 Å². The molecule has 0 unspecified atom stereocenters. The van der Waals surface area contributed by atoms with Gasteiger partial charge in [0.25, 0.3) is 0 Å². The van der Waals surface area contributed by atoms with Gasteiger partial charge in [0.15, 0.2) is 0 Å². The van der Waals surface area contributed by atoms with Crippen LogP contribution < -0.4 is 10.6 Å². The normalized spacial score (nSPS) is 12.8. The van der Waals surface area contributed by atoms with Crippen molar-refractivity contribution in [3.63, 3.8) is 0 Å². The van der Waals surface area contributed by atoms with E-state index in [-0.39, 0.29) is 0 Å². The molecule has 0 aromatic heterocycles. The molecule has 2 nitrogen and oxygen atoms in total. The minimum atomic E-state index is 0.427. The first-order valence-electron chi connectivity index (χ1n) is 4.81. The second kappa shape index (κ2) is 5.73. The second-order valence-electron chi connectivity index (χ2n) is 3.08. The summed E-state index contributed by atoms with van der Waals surface area (Å²) in [6.45, 7) is 4.10. The average molecular weight is 178 g/mol. The first-order chi connectivity index (χ1) is 6.38. The van der Waals surface area contributed by atoms with Crippen LogP contribution in [-0.2, 0) is 0 Å². The zero-order chi connectivity index (χ0) is 9.52. The highest BCUT2D eigenvalue weighted by atomic mass is 15.0. The minimum Gasteiger partial charge on any atom is -0.318 e. The molecule has 2 N–H and O–H groups in total. The molecule has 0 amide bonds. The molecule has 0 heterocycles. The zero-order valence-electron chi connectivity index (χ0n) is 8.38. The molecule has 0 saturated heterocycles. The first kappa shape index (κ1) is 10.2. The van der Waals surface area contributed by atoms with Crippen molar-refractivity contribution in [2.24, 2.45) is 0 Å². The lowest BCUT2D eigenvalue weighted by Gasteiger charge is -2.17. The number of likely N-dealkylation sites (N-methyl/N-ethyl adjacent to an activating group) is 2. The van der Waals surface area contributed by atoms with Crippen molar-refractivity contribution in [2.45, 2.75) is 13.0 Å². The summed E-state index contributed by atoms with van der Waals surface area (Å²) in [6.07, 6.45) is 0. The lowest BCUT2D eigenvalue weighted by molar-refractivity contribution is 0.525.